The fourth-order valence-electron chi connectivity index (χ4n) is 1.81. The van der Waals surface area contributed by atoms with Crippen LogP contribution in [-0.4, -0.2) is 22.4 Å². The van der Waals surface area contributed by atoms with Gasteiger partial charge in [0.15, 0.2) is 0 Å². The highest BCUT2D eigenvalue weighted by Crippen LogP contribution is 2.43. The first kappa shape index (κ1) is 9.35. The minimum Gasteiger partial charge on any atom is -0.307 e. The first-order chi connectivity index (χ1) is 7.03. The van der Waals surface area contributed by atoms with Gasteiger partial charge < -0.3 is 5.32 Å². The molecule has 0 saturated heterocycles. The molecule has 5 nitrogen and oxygen atoms in total. The highest BCUT2D eigenvalue weighted by atomic mass is 32.2. The van der Waals surface area contributed by atoms with Crippen molar-refractivity contribution < 1.29 is 8.42 Å². The summed E-state index contributed by atoms with van der Waals surface area (Å²) in [5.74, 6) is 0. The van der Waals surface area contributed by atoms with Crippen LogP contribution in [0.4, 0.5) is 0 Å². The molecule has 1 aliphatic carbocycles. The summed E-state index contributed by atoms with van der Waals surface area (Å²) in [5.41, 5.74) is 1.87. The molecule has 1 N–H and O–H groups in total. The Balaban J connectivity index is 2.06. The molecule has 2 aliphatic rings. The fourth-order valence-corrected chi connectivity index (χ4v) is 3.36. The largest absolute Gasteiger partial charge is 0.307 e. The first-order valence-electron chi connectivity index (χ1n) is 5.06. The Morgan fingerprint density at radius 3 is 2.80 bits per heavy atom. The van der Waals surface area contributed by atoms with Gasteiger partial charge in [-0.2, -0.15) is 9.19 Å². The van der Waals surface area contributed by atoms with E-state index in [0.29, 0.717) is 6.54 Å². The van der Waals surface area contributed by atoms with Crippen LogP contribution >= 0.6 is 0 Å². The highest BCUT2D eigenvalue weighted by Gasteiger charge is 2.51. The maximum Gasteiger partial charge on any atom is 0.259 e. The Labute approximate surface area is 88.5 Å². The Bertz CT molecular complexity index is 492. The second kappa shape index (κ2) is 2.62. The van der Waals surface area contributed by atoms with Crippen LogP contribution in [0.25, 0.3) is 0 Å². The van der Waals surface area contributed by atoms with Crippen molar-refractivity contribution in [1.29, 1.82) is 0 Å². The van der Waals surface area contributed by atoms with Crippen LogP contribution in [0, 0.1) is 0 Å². The van der Waals surface area contributed by atoms with Crippen molar-refractivity contribution in [3.8, 4) is 0 Å². The molecule has 0 unspecified atom stereocenters. The lowest BCUT2D eigenvalue weighted by Gasteiger charge is -2.10. The molecule has 1 aliphatic heterocycles. The van der Waals surface area contributed by atoms with E-state index in [1.165, 1.54) is 4.09 Å². The molecule has 0 bridgehead atoms. The molecule has 0 atom stereocenters. The van der Waals surface area contributed by atoms with Gasteiger partial charge in [-0.15, -0.1) is 0 Å². The summed E-state index contributed by atoms with van der Waals surface area (Å²) < 4.78 is 24.8. The number of aromatic nitrogens is 2. The lowest BCUT2D eigenvalue weighted by Crippen LogP contribution is -2.27. The topological polar surface area (TPSA) is 64.0 Å². The molecule has 2 heterocycles. The molecule has 0 amide bonds. The second-order valence-corrected chi connectivity index (χ2v) is 6.84. The van der Waals surface area contributed by atoms with Crippen molar-refractivity contribution in [2.45, 2.75) is 37.6 Å². The van der Waals surface area contributed by atoms with Gasteiger partial charge in [-0.3, -0.25) is 0 Å². The van der Waals surface area contributed by atoms with Gasteiger partial charge in [0, 0.05) is 24.8 Å². The van der Waals surface area contributed by atoms with Crippen LogP contribution in [-0.2, 0) is 23.1 Å². The second-order valence-electron chi connectivity index (χ2n) is 4.53. The van der Waals surface area contributed by atoms with E-state index in [4.69, 9.17) is 0 Å². The van der Waals surface area contributed by atoms with Crippen molar-refractivity contribution in [1.82, 2.24) is 14.5 Å². The number of rotatable bonds is 2. The van der Waals surface area contributed by atoms with E-state index >= 15 is 0 Å². The number of fused-ring (bicyclic) bond motifs is 1. The quantitative estimate of drug-likeness (QED) is 0.785. The van der Waals surface area contributed by atoms with Crippen LogP contribution in [0.15, 0.2) is 6.20 Å². The summed E-state index contributed by atoms with van der Waals surface area (Å²) in [6.45, 7) is 3.18. The third-order valence-corrected chi connectivity index (χ3v) is 5.62. The monoisotopic (exact) mass is 227 g/mol. The van der Waals surface area contributed by atoms with Gasteiger partial charge in [-0.05, 0) is 19.8 Å². The van der Waals surface area contributed by atoms with Crippen LogP contribution in [0.5, 0.6) is 0 Å². The molecule has 0 spiro atoms. The molecule has 1 aromatic heterocycles. The zero-order valence-electron chi connectivity index (χ0n) is 8.52. The van der Waals surface area contributed by atoms with E-state index in [0.717, 1.165) is 30.6 Å². The zero-order chi connectivity index (χ0) is 10.7. The Morgan fingerprint density at radius 1 is 1.47 bits per heavy atom. The lowest BCUT2D eigenvalue weighted by atomic mass is 10.3. The summed E-state index contributed by atoms with van der Waals surface area (Å²) in [4.78, 5) is 0. The Hall–Kier alpha value is -0.880. The molecule has 15 heavy (non-hydrogen) atoms. The van der Waals surface area contributed by atoms with Gasteiger partial charge in [0.2, 0.25) is 0 Å². The van der Waals surface area contributed by atoms with Crippen molar-refractivity contribution in [2.75, 3.05) is 0 Å². The zero-order valence-corrected chi connectivity index (χ0v) is 9.34. The molecule has 0 radical (unpaired) electrons. The number of hydrogen-bond acceptors (Lipinski definition) is 4. The molecular formula is C9H13N3O2S. The third-order valence-electron chi connectivity index (χ3n) is 3.29. The third kappa shape index (κ3) is 1.18. The van der Waals surface area contributed by atoms with Crippen LogP contribution in [0.2, 0.25) is 0 Å². The number of nitrogens with one attached hydrogen (secondary N) is 1. The van der Waals surface area contributed by atoms with E-state index < -0.39 is 14.8 Å². The van der Waals surface area contributed by atoms with Gasteiger partial charge in [-0.1, -0.05) is 0 Å². The average molecular weight is 227 g/mol. The van der Waals surface area contributed by atoms with Gasteiger partial charge in [0.1, 0.15) is 0 Å². The molecule has 3 rings (SSSR count). The SMILES string of the molecule is CC1(S(=O)(=O)n2cc3c(n2)CNC3)CC1. The van der Waals surface area contributed by atoms with Crippen molar-refractivity contribution in [3.63, 3.8) is 0 Å². The number of nitrogens with zero attached hydrogens (tertiary/aromatic N) is 2. The summed E-state index contributed by atoms with van der Waals surface area (Å²) in [6.07, 6.45) is 3.14. The predicted molar refractivity (Wildman–Crippen MR) is 54.7 cm³/mol. The Kier molecular flexibility index (Phi) is 1.63. The van der Waals surface area contributed by atoms with E-state index in [-0.39, 0.29) is 0 Å². The molecule has 82 valence electrons. The van der Waals surface area contributed by atoms with Gasteiger partial charge in [-0.25, -0.2) is 8.42 Å². The van der Waals surface area contributed by atoms with Crippen LogP contribution in [0.1, 0.15) is 31.0 Å². The number of hydrogen-bond donors (Lipinski definition) is 1. The maximum atomic E-state index is 12.1. The molecule has 1 fully saturated rings. The Morgan fingerprint density at radius 2 is 2.20 bits per heavy atom. The maximum absolute atomic E-state index is 12.1. The highest BCUT2D eigenvalue weighted by molar-refractivity contribution is 7.91. The molecule has 1 aromatic rings. The minimum atomic E-state index is -3.27. The van der Waals surface area contributed by atoms with E-state index in [2.05, 4.69) is 10.4 Å². The van der Waals surface area contributed by atoms with E-state index in [9.17, 15) is 8.42 Å². The standard InChI is InChI=1S/C9H13N3O2S/c1-9(2-3-9)15(13,14)12-6-7-4-10-5-8(7)11-12/h6,10H,2-5H2,1H3. The van der Waals surface area contributed by atoms with Crippen molar-refractivity contribution >= 4 is 10.0 Å². The van der Waals surface area contributed by atoms with Crippen LogP contribution < -0.4 is 5.32 Å². The molecule has 1 saturated carbocycles. The van der Waals surface area contributed by atoms with E-state index in [1.807, 2.05) is 0 Å². The summed E-state index contributed by atoms with van der Waals surface area (Å²) in [7, 11) is -3.27. The summed E-state index contributed by atoms with van der Waals surface area (Å²) in [6, 6.07) is 0. The molecular weight excluding hydrogens is 214 g/mol. The smallest absolute Gasteiger partial charge is 0.259 e. The molecule has 6 heteroatoms. The average Bonchev–Trinajstić information content (AvgIpc) is 2.62. The van der Waals surface area contributed by atoms with Crippen molar-refractivity contribution in [3.05, 3.63) is 17.5 Å². The molecule has 0 aromatic carbocycles. The lowest BCUT2D eigenvalue weighted by molar-refractivity contribution is 0.563. The van der Waals surface area contributed by atoms with Gasteiger partial charge in [0.25, 0.3) is 10.0 Å². The first-order valence-corrected chi connectivity index (χ1v) is 6.50. The van der Waals surface area contributed by atoms with Gasteiger partial charge in [0.05, 0.1) is 10.4 Å². The van der Waals surface area contributed by atoms with E-state index in [1.54, 1.807) is 13.1 Å². The minimum absolute atomic E-state index is 0.569. The van der Waals surface area contributed by atoms with Gasteiger partial charge >= 0.3 is 0 Å². The van der Waals surface area contributed by atoms with Crippen molar-refractivity contribution in [2.24, 2.45) is 0 Å². The summed E-state index contributed by atoms with van der Waals surface area (Å²) in [5, 5.41) is 7.27. The fraction of sp³-hybridized carbons (Fsp3) is 0.667. The predicted octanol–water partition coefficient (Wildman–Crippen LogP) is 0.217. The summed E-state index contributed by atoms with van der Waals surface area (Å²) >= 11 is 0. The van der Waals surface area contributed by atoms with Crippen LogP contribution in [0.3, 0.4) is 0 Å². The normalized spacial score (nSPS) is 22.7.